The van der Waals surface area contributed by atoms with Gasteiger partial charge in [-0.3, -0.25) is 0 Å². The van der Waals surface area contributed by atoms with E-state index in [0.29, 0.717) is 6.54 Å². The van der Waals surface area contributed by atoms with E-state index in [1.165, 1.54) is 11.1 Å². The second-order valence-corrected chi connectivity index (χ2v) is 12.9. The molecule has 2 atom stereocenters. The van der Waals surface area contributed by atoms with Crippen LogP contribution in [-0.2, 0) is 22.0 Å². The smallest absolute Gasteiger partial charge is 0.211 e. The second kappa shape index (κ2) is 11.4. The van der Waals surface area contributed by atoms with Crippen molar-refractivity contribution in [2.45, 2.75) is 99.3 Å². The molecular weight excluding hydrogens is 458 g/mol. The first-order chi connectivity index (χ1) is 16.2. The number of aliphatic hydroxyl groups is 1. The molecule has 0 bridgehead atoms. The molecule has 0 aliphatic carbocycles. The van der Waals surface area contributed by atoms with E-state index < -0.39 is 16.1 Å². The van der Waals surface area contributed by atoms with Gasteiger partial charge in [-0.2, -0.15) is 0 Å². The second-order valence-electron chi connectivity index (χ2n) is 10.8. The van der Waals surface area contributed by atoms with E-state index in [4.69, 9.17) is 4.74 Å². The fourth-order valence-corrected chi connectivity index (χ4v) is 5.34. The Morgan fingerprint density at radius 3 is 1.94 bits per heavy atom. The lowest BCUT2D eigenvalue weighted by molar-refractivity contribution is -0.0234. The molecule has 2 N–H and O–H groups in total. The zero-order valence-corrected chi connectivity index (χ0v) is 23.8. The minimum atomic E-state index is -3.23. The summed E-state index contributed by atoms with van der Waals surface area (Å²) < 4.78 is 32.6. The van der Waals surface area contributed by atoms with Crippen LogP contribution in [0.5, 0.6) is 5.75 Å². The molecule has 2 rings (SSSR count). The number of ether oxygens (including phenoxy) is 1. The van der Waals surface area contributed by atoms with Crippen molar-refractivity contribution in [3.8, 4) is 5.75 Å². The number of rotatable bonds is 11. The van der Waals surface area contributed by atoms with Crippen LogP contribution in [0.25, 0.3) is 0 Å². The minimum Gasteiger partial charge on any atom is -0.488 e. The monoisotopic (exact) mass is 503 g/mol. The third-order valence-electron chi connectivity index (χ3n) is 7.34. The van der Waals surface area contributed by atoms with Crippen molar-refractivity contribution in [1.29, 1.82) is 0 Å². The molecule has 5 nitrogen and oxygen atoms in total. The molecule has 6 heteroatoms. The van der Waals surface area contributed by atoms with Gasteiger partial charge in [0.2, 0.25) is 10.0 Å². The van der Waals surface area contributed by atoms with E-state index in [1.54, 1.807) is 6.92 Å². The molecule has 35 heavy (non-hydrogen) atoms. The maximum atomic E-state index is 11.9. The van der Waals surface area contributed by atoms with Crippen LogP contribution in [0.3, 0.4) is 0 Å². The van der Waals surface area contributed by atoms with Crippen molar-refractivity contribution in [3.05, 3.63) is 64.2 Å². The Bertz CT molecular complexity index is 1100. The summed E-state index contributed by atoms with van der Waals surface area (Å²) in [5.41, 5.74) is 5.15. The zero-order valence-electron chi connectivity index (χ0n) is 23.0. The van der Waals surface area contributed by atoms with Crippen LogP contribution in [0.4, 0.5) is 0 Å². The Morgan fingerprint density at radius 2 is 1.49 bits per heavy atom. The van der Waals surface area contributed by atoms with Gasteiger partial charge in [0, 0.05) is 12.0 Å². The van der Waals surface area contributed by atoms with Gasteiger partial charge >= 0.3 is 0 Å². The highest BCUT2D eigenvalue weighted by Crippen LogP contribution is 2.41. The first-order valence-electron chi connectivity index (χ1n) is 12.7. The molecule has 2 aromatic rings. The SMILES string of the molecule is CCC(CC)(c1ccc(CNS(=O)(=O)CC)c(C)c1)c1ccc(OC(C)C(O)C(C)(C)C)c(C)c1. The Hall–Kier alpha value is -1.89. The molecule has 0 saturated heterocycles. The standard InChI is InChI=1S/C29H45NO4S/c1-10-29(11-2,24-14-13-23(20(4)17-24)19-30-35(32,33)12-3)25-15-16-26(21(5)18-25)34-22(6)27(31)28(7,8)9/h13-18,22,27,30-31H,10-12,19H2,1-9H3. The van der Waals surface area contributed by atoms with Crippen LogP contribution >= 0.6 is 0 Å². The highest BCUT2D eigenvalue weighted by molar-refractivity contribution is 7.89. The highest BCUT2D eigenvalue weighted by Gasteiger charge is 2.32. The lowest BCUT2D eigenvalue weighted by Crippen LogP contribution is -2.39. The lowest BCUT2D eigenvalue weighted by Gasteiger charge is -2.35. The minimum absolute atomic E-state index is 0.0753. The number of aryl methyl sites for hydroxylation is 2. The molecule has 0 saturated carbocycles. The van der Waals surface area contributed by atoms with E-state index in [9.17, 15) is 13.5 Å². The van der Waals surface area contributed by atoms with Gasteiger partial charge in [-0.15, -0.1) is 0 Å². The third kappa shape index (κ3) is 6.87. The maximum absolute atomic E-state index is 11.9. The molecule has 0 radical (unpaired) electrons. The molecule has 0 spiro atoms. The largest absolute Gasteiger partial charge is 0.488 e. The van der Waals surface area contributed by atoms with Crippen LogP contribution in [0.2, 0.25) is 0 Å². The van der Waals surface area contributed by atoms with Gasteiger partial charge in [0.05, 0.1) is 11.9 Å². The van der Waals surface area contributed by atoms with E-state index in [0.717, 1.165) is 35.3 Å². The molecule has 0 fully saturated rings. The first kappa shape index (κ1) is 29.3. The van der Waals surface area contributed by atoms with Crippen molar-refractivity contribution in [1.82, 2.24) is 4.72 Å². The Morgan fingerprint density at radius 1 is 0.943 bits per heavy atom. The summed E-state index contributed by atoms with van der Waals surface area (Å²) in [6.07, 6.45) is 0.977. The van der Waals surface area contributed by atoms with Crippen LogP contribution < -0.4 is 9.46 Å². The fourth-order valence-electron chi connectivity index (χ4n) is 4.76. The molecule has 0 aliphatic rings. The predicted octanol–water partition coefficient (Wildman–Crippen LogP) is 6.02. The molecule has 2 aromatic carbocycles. The molecule has 0 aliphatic heterocycles. The number of nitrogens with one attached hydrogen (secondary N) is 1. The number of hydrogen-bond donors (Lipinski definition) is 2. The lowest BCUT2D eigenvalue weighted by atomic mass is 9.70. The van der Waals surface area contributed by atoms with E-state index in [-0.39, 0.29) is 22.7 Å². The molecular formula is C29H45NO4S. The number of hydrogen-bond acceptors (Lipinski definition) is 4. The van der Waals surface area contributed by atoms with Gasteiger partial charge in [0.15, 0.2) is 0 Å². The molecule has 196 valence electrons. The van der Waals surface area contributed by atoms with Crippen LogP contribution in [0.15, 0.2) is 36.4 Å². The van der Waals surface area contributed by atoms with Gasteiger partial charge in [0.25, 0.3) is 0 Å². The van der Waals surface area contributed by atoms with E-state index in [1.807, 2.05) is 46.8 Å². The Labute approximate surface area is 213 Å². The van der Waals surface area contributed by atoms with Crippen LogP contribution in [-0.4, -0.2) is 31.5 Å². The van der Waals surface area contributed by atoms with E-state index in [2.05, 4.69) is 49.8 Å². The zero-order chi connectivity index (χ0) is 26.6. The third-order valence-corrected chi connectivity index (χ3v) is 8.68. The average Bonchev–Trinajstić information content (AvgIpc) is 2.80. The van der Waals surface area contributed by atoms with Crippen molar-refractivity contribution in [2.24, 2.45) is 5.41 Å². The number of benzene rings is 2. The Kier molecular flexibility index (Phi) is 9.59. The number of sulfonamides is 1. The van der Waals surface area contributed by atoms with Gasteiger partial charge in [-0.1, -0.05) is 65.0 Å². The van der Waals surface area contributed by atoms with Gasteiger partial charge in [0.1, 0.15) is 11.9 Å². The van der Waals surface area contributed by atoms with Crippen LogP contribution in [0, 0.1) is 19.3 Å². The Balaban J connectivity index is 2.37. The normalized spacial score (nSPS) is 14.6. The average molecular weight is 504 g/mol. The molecule has 0 amide bonds. The van der Waals surface area contributed by atoms with Gasteiger partial charge < -0.3 is 9.84 Å². The maximum Gasteiger partial charge on any atom is 0.211 e. The topological polar surface area (TPSA) is 75.6 Å². The highest BCUT2D eigenvalue weighted by atomic mass is 32.2. The summed E-state index contributed by atoms with van der Waals surface area (Å²) in [5, 5.41) is 10.6. The quantitative estimate of drug-likeness (QED) is 0.393. The molecule has 2 unspecified atom stereocenters. The van der Waals surface area contributed by atoms with Crippen molar-refractivity contribution < 1.29 is 18.3 Å². The molecule has 0 aromatic heterocycles. The molecule has 0 heterocycles. The summed E-state index contributed by atoms with van der Waals surface area (Å²) in [5.74, 6) is 0.867. The van der Waals surface area contributed by atoms with Crippen molar-refractivity contribution in [3.63, 3.8) is 0 Å². The van der Waals surface area contributed by atoms with Gasteiger partial charge in [-0.05, 0) is 79.8 Å². The summed E-state index contributed by atoms with van der Waals surface area (Å²) in [6.45, 7) is 18.4. The first-order valence-corrected chi connectivity index (χ1v) is 14.4. The van der Waals surface area contributed by atoms with Crippen molar-refractivity contribution in [2.75, 3.05) is 5.75 Å². The van der Waals surface area contributed by atoms with E-state index >= 15 is 0 Å². The fraction of sp³-hybridized carbons (Fsp3) is 0.586. The summed E-state index contributed by atoms with van der Waals surface area (Å²) in [6, 6.07) is 12.8. The van der Waals surface area contributed by atoms with Gasteiger partial charge in [-0.25, -0.2) is 13.1 Å². The van der Waals surface area contributed by atoms with Crippen LogP contribution in [0.1, 0.15) is 89.1 Å². The summed E-state index contributed by atoms with van der Waals surface area (Å²) in [4.78, 5) is 0. The predicted molar refractivity (Wildman–Crippen MR) is 146 cm³/mol. The van der Waals surface area contributed by atoms with Crippen molar-refractivity contribution >= 4 is 10.0 Å². The summed E-state index contributed by atoms with van der Waals surface area (Å²) >= 11 is 0. The summed E-state index contributed by atoms with van der Waals surface area (Å²) in [7, 11) is -3.23. The number of aliphatic hydroxyl groups excluding tert-OH is 1.